The number of carbonyl (C=O) groups excluding carboxylic acids is 2. The van der Waals surface area contributed by atoms with E-state index < -0.39 is 16.6 Å². The zero-order valence-corrected chi connectivity index (χ0v) is 22.4. The number of fused-ring (bicyclic) bond motifs is 1. The first kappa shape index (κ1) is 25.2. The van der Waals surface area contributed by atoms with Gasteiger partial charge in [-0.2, -0.15) is 0 Å². The summed E-state index contributed by atoms with van der Waals surface area (Å²) in [6.07, 6.45) is 3.60. The van der Waals surface area contributed by atoms with Gasteiger partial charge in [-0.25, -0.2) is 4.79 Å². The second-order valence-electron chi connectivity index (χ2n) is 9.95. The lowest BCUT2D eigenvalue weighted by Crippen LogP contribution is -2.31. The van der Waals surface area contributed by atoms with E-state index in [1.54, 1.807) is 7.11 Å². The third kappa shape index (κ3) is 6.70. The Bertz CT molecular complexity index is 891. The van der Waals surface area contributed by atoms with Crippen molar-refractivity contribution >= 4 is 28.6 Å². The van der Waals surface area contributed by atoms with Gasteiger partial charge in [-0.3, -0.25) is 4.79 Å². The highest BCUT2D eigenvalue weighted by molar-refractivity contribution is 6.71. The zero-order valence-electron chi connectivity index (χ0n) is 20.4. The lowest BCUT2D eigenvalue weighted by atomic mass is 9.94. The Morgan fingerprint density at radius 2 is 1.71 bits per heavy atom. The summed E-state index contributed by atoms with van der Waals surface area (Å²) in [5.74, 6) is 0.822. The normalized spacial score (nSPS) is 14.2. The van der Waals surface area contributed by atoms with Crippen LogP contribution in [0, 0.1) is 6.92 Å². The van der Waals surface area contributed by atoms with E-state index in [9.17, 15) is 9.59 Å². The van der Waals surface area contributed by atoms with Crippen molar-refractivity contribution in [1.29, 1.82) is 0 Å². The number of benzene rings is 1. The summed E-state index contributed by atoms with van der Waals surface area (Å²) in [7, 11) is -2.24. The number of methoxy groups -OCH3 is 1. The van der Waals surface area contributed by atoms with Gasteiger partial charge in [0.1, 0.15) is 23.7 Å². The van der Waals surface area contributed by atoms with Crippen LogP contribution in [0.4, 0.5) is 0 Å². The van der Waals surface area contributed by atoms with Gasteiger partial charge in [-0.05, 0) is 71.5 Å². The fourth-order valence-electron chi connectivity index (χ4n) is 3.50. The molecule has 0 amide bonds. The van der Waals surface area contributed by atoms with Crippen molar-refractivity contribution in [2.75, 3.05) is 7.11 Å². The molecule has 6 nitrogen and oxygen atoms in total. The maximum atomic E-state index is 12.5. The lowest BCUT2D eigenvalue weighted by Gasteiger charge is -2.25. The highest BCUT2D eigenvalue weighted by atomic mass is 28.4. The minimum absolute atomic E-state index is 0.150. The number of rotatable bonds is 9. The average Bonchev–Trinajstić information content (AvgIpc) is 3.00. The Hall–Kier alpha value is -2.07. The van der Waals surface area contributed by atoms with Crippen LogP contribution in [0.5, 0.6) is 11.5 Å². The first-order valence-corrected chi connectivity index (χ1v) is 17.5. The molecule has 31 heavy (non-hydrogen) atoms. The predicted octanol–water partition coefficient (Wildman–Crippen LogP) is 5.53. The van der Waals surface area contributed by atoms with Crippen LogP contribution in [0.3, 0.4) is 0 Å². The van der Waals surface area contributed by atoms with Crippen LogP contribution in [-0.2, 0) is 27.0 Å². The monoisotopic (exact) mass is 464 g/mol. The second kappa shape index (κ2) is 9.60. The number of cyclic esters (lactones) is 1. The standard InChI is InChI=1S/C23H36O6Si2/c1-15(11-13-19(24)28-30(4,5)6)10-12-17-21(26-3)16(2)18-14-27-23(25)20(18)22(17)29-31(7,8)9/h10H,11-14H2,1-9H3/b15-10+. The predicted molar refractivity (Wildman–Crippen MR) is 127 cm³/mol. The Morgan fingerprint density at radius 3 is 2.26 bits per heavy atom. The highest BCUT2D eigenvalue weighted by Gasteiger charge is 2.34. The molecule has 8 heteroatoms. The maximum absolute atomic E-state index is 12.5. The molecule has 1 aromatic carbocycles. The van der Waals surface area contributed by atoms with Gasteiger partial charge in [0.15, 0.2) is 0 Å². The van der Waals surface area contributed by atoms with E-state index in [4.69, 9.17) is 18.3 Å². The van der Waals surface area contributed by atoms with Crippen LogP contribution in [-0.4, -0.2) is 35.7 Å². The molecule has 2 rings (SSSR count). The molecule has 0 saturated carbocycles. The Morgan fingerprint density at radius 1 is 1.06 bits per heavy atom. The topological polar surface area (TPSA) is 71.1 Å². The molecule has 0 N–H and O–H groups in total. The van der Waals surface area contributed by atoms with Crippen LogP contribution < -0.4 is 9.16 Å². The molecule has 1 aliphatic heterocycles. The average molecular weight is 465 g/mol. The second-order valence-corrected chi connectivity index (χ2v) is 18.8. The van der Waals surface area contributed by atoms with Crippen molar-refractivity contribution in [3.05, 3.63) is 33.9 Å². The first-order valence-electron chi connectivity index (χ1n) is 10.7. The first-order chi connectivity index (χ1) is 14.2. The number of hydrogen-bond donors (Lipinski definition) is 0. The summed E-state index contributed by atoms with van der Waals surface area (Å²) in [6, 6.07) is 0. The molecule has 0 saturated heterocycles. The number of esters is 1. The molecule has 172 valence electrons. The van der Waals surface area contributed by atoms with E-state index in [-0.39, 0.29) is 18.5 Å². The van der Waals surface area contributed by atoms with Gasteiger partial charge in [0.25, 0.3) is 5.97 Å². The zero-order chi connectivity index (χ0) is 23.6. The summed E-state index contributed by atoms with van der Waals surface area (Å²) in [6.45, 7) is 16.4. The van der Waals surface area contributed by atoms with Crippen LogP contribution in [0.1, 0.15) is 46.8 Å². The third-order valence-corrected chi connectivity index (χ3v) is 6.49. The van der Waals surface area contributed by atoms with Crippen LogP contribution in [0.25, 0.3) is 0 Å². The van der Waals surface area contributed by atoms with Crippen molar-refractivity contribution in [2.45, 2.75) is 79.0 Å². The van der Waals surface area contributed by atoms with Gasteiger partial charge in [0.05, 0.1) is 7.11 Å². The summed E-state index contributed by atoms with van der Waals surface area (Å²) in [5, 5.41) is 0. The third-order valence-electron chi connectivity index (χ3n) is 4.83. The van der Waals surface area contributed by atoms with Gasteiger partial charge in [-0.1, -0.05) is 11.6 Å². The van der Waals surface area contributed by atoms with Gasteiger partial charge in [0, 0.05) is 17.5 Å². The number of ether oxygens (including phenoxy) is 2. The molecule has 1 aromatic rings. The van der Waals surface area contributed by atoms with Gasteiger partial charge < -0.3 is 18.3 Å². The van der Waals surface area contributed by atoms with Crippen molar-refractivity contribution in [2.24, 2.45) is 0 Å². The van der Waals surface area contributed by atoms with E-state index in [2.05, 4.69) is 25.7 Å². The fourth-order valence-corrected chi connectivity index (χ4v) is 5.12. The summed E-state index contributed by atoms with van der Waals surface area (Å²) in [4.78, 5) is 24.6. The Labute approximate surface area is 188 Å². The molecule has 0 radical (unpaired) electrons. The minimum Gasteiger partial charge on any atom is -0.543 e. The number of hydrogen-bond acceptors (Lipinski definition) is 6. The largest absolute Gasteiger partial charge is 0.543 e. The van der Waals surface area contributed by atoms with E-state index in [0.29, 0.717) is 30.6 Å². The van der Waals surface area contributed by atoms with Crippen molar-refractivity contribution < 1.29 is 27.9 Å². The summed E-state index contributed by atoms with van der Waals surface area (Å²) in [5.41, 5.74) is 4.21. The maximum Gasteiger partial charge on any atom is 0.342 e. The van der Waals surface area contributed by atoms with E-state index >= 15 is 0 Å². The lowest BCUT2D eigenvalue weighted by molar-refractivity contribution is -0.135. The highest BCUT2D eigenvalue weighted by Crippen LogP contribution is 2.43. The van der Waals surface area contributed by atoms with Crippen LogP contribution >= 0.6 is 0 Å². The molecular weight excluding hydrogens is 428 g/mol. The molecule has 0 spiro atoms. The fraction of sp³-hybridized carbons (Fsp3) is 0.565. The van der Waals surface area contributed by atoms with E-state index in [0.717, 1.165) is 28.0 Å². The van der Waals surface area contributed by atoms with Crippen molar-refractivity contribution in [3.8, 4) is 11.5 Å². The van der Waals surface area contributed by atoms with Gasteiger partial charge in [-0.15, -0.1) is 0 Å². The number of carbonyl (C=O) groups is 2. The molecule has 0 unspecified atom stereocenters. The summed E-state index contributed by atoms with van der Waals surface area (Å²) < 4.78 is 23.0. The van der Waals surface area contributed by atoms with Gasteiger partial charge in [0.2, 0.25) is 16.6 Å². The molecule has 0 atom stereocenters. The summed E-state index contributed by atoms with van der Waals surface area (Å²) >= 11 is 0. The van der Waals surface area contributed by atoms with Gasteiger partial charge >= 0.3 is 5.97 Å². The van der Waals surface area contributed by atoms with E-state index in [1.165, 1.54) is 0 Å². The Balaban J connectivity index is 2.35. The molecule has 1 heterocycles. The van der Waals surface area contributed by atoms with E-state index in [1.807, 2.05) is 33.5 Å². The molecular formula is C23H36O6Si2. The van der Waals surface area contributed by atoms with Crippen LogP contribution in [0.2, 0.25) is 39.3 Å². The molecule has 0 aromatic heterocycles. The SMILES string of the molecule is COc1c(C)c2c(c(O[Si](C)(C)C)c1C/C=C(\C)CCC(=O)O[Si](C)(C)C)C(=O)OC2. The molecule has 1 aliphatic rings. The Kier molecular flexibility index (Phi) is 7.81. The molecule has 0 aliphatic carbocycles. The smallest absolute Gasteiger partial charge is 0.342 e. The molecule has 0 fully saturated rings. The van der Waals surface area contributed by atoms with Crippen molar-refractivity contribution in [3.63, 3.8) is 0 Å². The van der Waals surface area contributed by atoms with Crippen molar-refractivity contribution in [1.82, 2.24) is 0 Å². The number of allylic oxidation sites excluding steroid dienone is 2. The molecule has 0 bridgehead atoms. The van der Waals surface area contributed by atoms with Crippen LogP contribution in [0.15, 0.2) is 11.6 Å². The quantitative estimate of drug-likeness (QED) is 0.272. The minimum atomic E-state index is -2.01.